The van der Waals surface area contributed by atoms with Gasteiger partial charge in [0, 0.05) is 28.3 Å². The molecular formula is C11H16Cl3NO. The van der Waals surface area contributed by atoms with E-state index in [-0.39, 0.29) is 24.6 Å². The molecule has 1 aromatic rings. The molecule has 2 unspecified atom stereocenters. The first-order chi connectivity index (χ1) is 7.06. The van der Waals surface area contributed by atoms with Gasteiger partial charge in [-0.15, -0.1) is 12.4 Å². The predicted octanol–water partition coefficient (Wildman–Crippen LogP) is 3.84. The fraction of sp³-hybridized carbons (Fsp3) is 0.455. The van der Waals surface area contributed by atoms with Crippen LogP contribution in [0.1, 0.15) is 25.5 Å². The summed E-state index contributed by atoms with van der Waals surface area (Å²) in [6, 6.07) is 5.24. The van der Waals surface area contributed by atoms with E-state index in [0.29, 0.717) is 16.7 Å². The van der Waals surface area contributed by atoms with Gasteiger partial charge in [-0.1, -0.05) is 29.3 Å². The minimum absolute atomic E-state index is 0. The molecule has 0 aliphatic rings. The van der Waals surface area contributed by atoms with Gasteiger partial charge in [-0.25, -0.2) is 0 Å². The van der Waals surface area contributed by atoms with Crippen LogP contribution in [-0.4, -0.2) is 12.6 Å². The number of hydrogen-bond acceptors (Lipinski definition) is 2. The number of halogens is 3. The highest BCUT2D eigenvalue weighted by Crippen LogP contribution is 2.29. The number of rotatable bonds is 4. The van der Waals surface area contributed by atoms with Gasteiger partial charge in [0.15, 0.2) is 0 Å². The summed E-state index contributed by atoms with van der Waals surface area (Å²) in [6.45, 7) is 4.43. The molecular weight excluding hydrogens is 268 g/mol. The fourth-order valence-corrected chi connectivity index (χ4v) is 1.95. The number of hydrogen-bond donors (Lipinski definition) is 1. The van der Waals surface area contributed by atoms with Crippen LogP contribution in [-0.2, 0) is 4.74 Å². The summed E-state index contributed by atoms with van der Waals surface area (Å²) in [5.74, 6) is 0. The maximum absolute atomic E-state index is 6.08. The molecule has 0 radical (unpaired) electrons. The SMILES string of the molecule is CCOC(c1ccc(Cl)cc1Cl)C(C)N.Cl. The maximum atomic E-state index is 6.08. The topological polar surface area (TPSA) is 35.2 Å². The molecule has 0 spiro atoms. The van der Waals surface area contributed by atoms with E-state index in [9.17, 15) is 0 Å². The Bertz CT molecular complexity index is 331. The van der Waals surface area contributed by atoms with Crippen LogP contribution in [0.5, 0.6) is 0 Å². The summed E-state index contributed by atoms with van der Waals surface area (Å²) in [6.07, 6.45) is -0.181. The first-order valence-corrected chi connectivity index (χ1v) is 5.64. The Labute approximate surface area is 112 Å². The molecule has 0 saturated carbocycles. The maximum Gasteiger partial charge on any atom is 0.0987 e. The van der Waals surface area contributed by atoms with Crippen molar-refractivity contribution in [3.05, 3.63) is 33.8 Å². The quantitative estimate of drug-likeness (QED) is 0.912. The Balaban J connectivity index is 0.00000225. The van der Waals surface area contributed by atoms with Crippen molar-refractivity contribution < 1.29 is 4.74 Å². The van der Waals surface area contributed by atoms with Crippen molar-refractivity contribution >= 4 is 35.6 Å². The summed E-state index contributed by atoms with van der Waals surface area (Å²) >= 11 is 11.9. The fourth-order valence-electron chi connectivity index (χ4n) is 1.44. The molecule has 5 heteroatoms. The van der Waals surface area contributed by atoms with Gasteiger partial charge in [-0.3, -0.25) is 0 Å². The third kappa shape index (κ3) is 4.11. The smallest absolute Gasteiger partial charge is 0.0987 e. The molecule has 0 heterocycles. The summed E-state index contributed by atoms with van der Waals surface area (Å²) in [5, 5.41) is 1.21. The van der Waals surface area contributed by atoms with Crippen molar-refractivity contribution in [1.82, 2.24) is 0 Å². The van der Waals surface area contributed by atoms with Crippen LogP contribution in [0.25, 0.3) is 0 Å². The van der Waals surface area contributed by atoms with Gasteiger partial charge < -0.3 is 10.5 Å². The van der Waals surface area contributed by atoms with Crippen molar-refractivity contribution in [2.75, 3.05) is 6.61 Å². The van der Waals surface area contributed by atoms with Crippen molar-refractivity contribution in [2.24, 2.45) is 5.73 Å². The van der Waals surface area contributed by atoms with Gasteiger partial charge in [0.05, 0.1) is 6.10 Å². The van der Waals surface area contributed by atoms with Crippen LogP contribution >= 0.6 is 35.6 Å². The zero-order valence-corrected chi connectivity index (χ0v) is 11.6. The monoisotopic (exact) mass is 283 g/mol. The number of ether oxygens (including phenoxy) is 1. The van der Waals surface area contributed by atoms with Crippen LogP contribution in [0.15, 0.2) is 18.2 Å². The molecule has 0 aromatic heterocycles. The Morgan fingerprint density at radius 1 is 1.38 bits per heavy atom. The van der Waals surface area contributed by atoms with E-state index in [1.165, 1.54) is 0 Å². The van der Waals surface area contributed by atoms with E-state index < -0.39 is 0 Å². The van der Waals surface area contributed by atoms with Gasteiger partial charge in [0.2, 0.25) is 0 Å². The molecule has 0 fully saturated rings. The third-order valence-corrected chi connectivity index (χ3v) is 2.66. The highest BCUT2D eigenvalue weighted by atomic mass is 35.5. The van der Waals surface area contributed by atoms with Crippen LogP contribution in [0.4, 0.5) is 0 Å². The normalized spacial score (nSPS) is 14.1. The van der Waals surface area contributed by atoms with Crippen LogP contribution < -0.4 is 5.73 Å². The van der Waals surface area contributed by atoms with E-state index >= 15 is 0 Å². The first-order valence-electron chi connectivity index (χ1n) is 4.88. The average molecular weight is 285 g/mol. The molecule has 2 nitrogen and oxygen atoms in total. The van der Waals surface area contributed by atoms with Crippen molar-refractivity contribution in [2.45, 2.75) is 26.0 Å². The highest BCUT2D eigenvalue weighted by molar-refractivity contribution is 6.35. The lowest BCUT2D eigenvalue weighted by Crippen LogP contribution is -2.27. The van der Waals surface area contributed by atoms with Crippen molar-refractivity contribution in [3.8, 4) is 0 Å². The van der Waals surface area contributed by atoms with E-state index in [0.717, 1.165) is 5.56 Å². The zero-order valence-electron chi connectivity index (χ0n) is 9.24. The lowest BCUT2D eigenvalue weighted by molar-refractivity contribution is 0.0476. The molecule has 1 aromatic carbocycles. The standard InChI is InChI=1S/C11H15Cl2NO.ClH/c1-3-15-11(7(2)14)9-5-4-8(12)6-10(9)13;/h4-7,11H,3,14H2,1-2H3;1H. The lowest BCUT2D eigenvalue weighted by atomic mass is 10.0. The Kier molecular flexibility index (Phi) is 7.36. The van der Waals surface area contributed by atoms with E-state index in [1.54, 1.807) is 12.1 Å². The molecule has 92 valence electrons. The molecule has 2 atom stereocenters. The Morgan fingerprint density at radius 2 is 2.00 bits per heavy atom. The van der Waals surface area contributed by atoms with Gasteiger partial charge in [-0.2, -0.15) is 0 Å². The minimum atomic E-state index is -0.181. The summed E-state index contributed by atoms with van der Waals surface area (Å²) in [7, 11) is 0. The van der Waals surface area contributed by atoms with Crippen molar-refractivity contribution in [1.29, 1.82) is 0 Å². The zero-order chi connectivity index (χ0) is 11.4. The number of benzene rings is 1. The molecule has 0 saturated heterocycles. The van der Waals surface area contributed by atoms with Gasteiger partial charge in [0.25, 0.3) is 0 Å². The molecule has 0 amide bonds. The Hall–Kier alpha value is 0.01000. The van der Waals surface area contributed by atoms with E-state index in [2.05, 4.69) is 0 Å². The summed E-state index contributed by atoms with van der Waals surface area (Å²) in [5.41, 5.74) is 6.73. The van der Waals surface area contributed by atoms with Crippen molar-refractivity contribution in [3.63, 3.8) is 0 Å². The lowest BCUT2D eigenvalue weighted by Gasteiger charge is -2.22. The Morgan fingerprint density at radius 3 is 2.44 bits per heavy atom. The predicted molar refractivity (Wildman–Crippen MR) is 71.7 cm³/mol. The third-order valence-electron chi connectivity index (χ3n) is 2.09. The second kappa shape index (κ2) is 7.36. The molecule has 0 aliphatic carbocycles. The highest BCUT2D eigenvalue weighted by Gasteiger charge is 2.19. The molecule has 1 rings (SSSR count). The van der Waals surface area contributed by atoms with Gasteiger partial charge >= 0.3 is 0 Å². The molecule has 0 aliphatic heterocycles. The van der Waals surface area contributed by atoms with E-state index in [1.807, 2.05) is 19.9 Å². The van der Waals surface area contributed by atoms with Crippen LogP contribution in [0.3, 0.4) is 0 Å². The second-order valence-electron chi connectivity index (χ2n) is 3.40. The van der Waals surface area contributed by atoms with Gasteiger partial charge in [0.1, 0.15) is 0 Å². The summed E-state index contributed by atoms with van der Waals surface area (Å²) in [4.78, 5) is 0. The average Bonchev–Trinajstić information content (AvgIpc) is 2.15. The summed E-state index contributed by atoms with van der Waals surface area (Å²) < 4.78 is 5.56. The largest absolute Gasteiger partial charge is 0.372 e. The minimum Gasteiger partial charge on any atom is -0.372 e. The van der Waals surface area contributed by atoms with Crippen LogP contribution in [0.2, 0.25) is 10.0 Å². The molecule has 0 bridgehead atoms. The first kappa shape index (κ1) is 16.0. The second-order valence-corrected chi connectivity index (χ2v) is 4.24. The molecule has 16 heavy (non-hydrogen) atoms. The van der Waals surface area contributed by atoms with Gasteiger partial charge in [-0.05, 0) is 26.0 Å². The molecule has 2 N–H and O–H groups in total. The van der Waals surface area contributed by atoms with Crippen LogP contribution in [0, 0.1) is 0 Å². The van der Waals surface area contributed by atoms with E-state index in [4.69, 9.17) is 33.7 Å². The number of nitrogens with two attached hydrogens (primary N) is 1.